The van der Waals surface area contributed by atoms with Crippen LogP contribution in [-0.2, 0) is 16.8 Å². The predicted octanol–water partition coefficient (Wildman–Crippen LogP) is 6.00. The summed E-state index contributed by atoms with van der Waals surface area (Å²) in [5.41, 5.74) is 1.76. The molecule has 1 unspecified atom stereocenters. The van der Waals surface area contributed by atoms with E-state index in [1.54, 1.807) is 12.1 Å². The number of ether oxygens (including phenoxy) is 1. The van der Waals surface area contributed by atoms with Crippen molar-refractivity contribution in [1.82, 2.24) is 0 Å². The van der Waals surface area contributed by atoms with Crippen LogP contribution in [-0.4, -0.2) is 6.10 Å². The van der Waals surface area contributed by atoms with Gasteiger partial charge in [0, 0.05) is 6.42 Å². The first-order chi connectivity index (χ1) is 13.7. The van der Waals surface area contributed by atoms with Gasteiger partial charge in [-0.15, -0.1) is 0 Å². The second kappa shape index (κ2) is 6.54. The molecule has 0 radical (unpaired) electrons. The molecule has 1 atom stereocenters. The minimum atomic E-state index is -0.832. The molecule has 0 N–H and O–H groups in total. The van der Waals surface area contributed by atoms with Crippen LogP contribution in [0.15, 0.2) is 91.0 Å². The molecule has 4 aromatic rings. The Morgan fingerprint density at radius 1 is 0.714 bits per heavy atom. The fourth-order valence-electron chi connectivity index (χ4n) is 4.16. The highest BCUT2D eigenvalue weighted by Crippen LogP contribution is 2.53. The Hall–Kier alpha value is -3.04. The summed E-state index contributed by atoms with van der Waals surface area (Å²) in [4.78, 5) is 0. The van der Waals surface area contributed by atoms with Crippen molar-refractivity contribution >= 4 is 10.8 Å². The van der Waals surface area contributed by atoms with Gasteiger partial charge in [0.2, 0.25) is 0 Å². The molecule has 5 rings (SSSR count). The van der Waals surface area contributed by atoms with Crippen molar-refractivity contribution in [2.75, 3.05) is 0 Å². The molecule has 138 valence electrons. The molecule has 0 aromatic heterocycles. The monoisotopic (exact) mass is 372 g/mol. The van der Waals surface area contributed by atoms with E-state index in [2.05, 4.69) is 24.3 Å². The van der Waals surface area contributed by atoms with E-state index in [1.165, 1.54) is 35.0 Å². The maximum absolute atomic E-state index is 14.0. The van der Waals surface area contributed by atoms with Crippen LogP contribution >= 0.6 is 0 Å². The van der Waals surface area contributed by atoms with E-state index in [0.29, 0.717) is 17.5 Å². The molecule has 4 aromatic carbocycles. The van der Waals surface area contributed by atoms with Gasteiger partial charge in [0.05, 0.1) is 0 Å². The van der Waals surface area contributed by atoms with Gasteiger partial charge in [0.1, 0.15) is 23.3 Å². The quantitative estimate of drug-likeness (QED) is 0.400. The fraction of sp³-hybridized carbons (Fsp3) is 0.120. The van der Waals surface area contributed by atoms with E-state index in [9.17, 15) is 8.78 Å². The maximum Gasteiger partial charge on any atom is 0.145 e. The molecule has 0 amide bonds. The molecular formula is C25H18F2O. The molecule has 1 aliphatic heterocycles. The number of halogens is 2. The highest BCUT2D eigenvalue weighted by atomic mass is 19.1. The summed E-state index contributed by atoms with van der Waals surface area (Å²) in [6, 6.07) is 27.2. The van der Waals surface area contributed by atoms with Crippen molar-refractivity contribution in [3.8, 4) is 0 Å². The lowest BCUT2D eigenvalue weighted by Crippen LogP contribution is -2.17. The average Bonchev–Trinajstić information content (AvgIpc) is 3.43. The standard InChI is InChI=1S/C25H18F2O/c26-21-11-4-9-19(15-21)25(20-10-5-12-22(27)16-20)24(28-25)14-18-8-3-7-17-6-1-2-13-23(17)18/h1-13,15-16,24H,14H2. The summed E-state index contributed by atoms with van der Waals surface area (Å²) in [6.07, 6.45) is 0.468. The maximum atomic E-state index is 14.0. The summed E-state index contributed by atoms with van der Waals surface area (Å²) >= 11 is 0. The molecule has 1 aliphatic rings. The molecular weight excluding hydrogens is 354 g/mol. The molecule has 0 aliphatic carbocycles. The number of rotatable bonds is 4. The van der Waals surface area contributed by atoms with Crippen LogP contribution in [0, 0.1) is 11.6 Å². The summed E-state index contributed by atoms with van der Waals surface area (Å²) in [5, 5.41) is 2.34. The van der Waals surface area contributed by atoms with E-state index >= 15 is 0 Å². The van der Waals surface area contributed by atoms with E-state index in [1.807, 2.05) is 30.3 Å². The topological polar surface area (TPSA) is 12.5 Å². The summed E-state index contributed by atoms with van der Waals surface area (Å²) in [6.45, 7) is 0. The molecule has 28 heavy (non-hydrogen) atoms. The second-order valence-electron chi connectivity index (χ2n) is 7.21. The van der Waals surface area contributed by atoms with E-state index in [-0.39, 0.29) is 17.7 Å². The van der Waals surface area contributed by atoms with Gasteiger partial charge in [-0.05, 0) is 51.7 Å². The lowest BCUT2D eigenvalue weighted by atomic mass is 9.85. The molecule has 1 heterocycles. The van der Waals surface area contributed by atoms with Crippen LogP contribution in [0.4, 0.5) is 8.78 Å². The van der Waals surface area contributed by atoms with Crippen LogP contribution in [0.3, 0.4) is 0 Å². The number of epoxide rings is 1. The summed E-state index contributed by atoms with van der Waals surface area (Å²) in [5.74, 6) is -0.652. The van der Waals surface area contributed by atoms with Gasteiger partial charge < -0.3 is 4.74 Å². The zero-order valence-electron chi connectivity index (χ0n) is 15.1. The number of benzene rings is 4. The average molecular weight is 372 g/mol. The van der Waals surface area contributed by atoms with Crippen LogP contribution < -0.4 is 0 Å². The van der Waals surface area contributed by atoms with Crippen molar-refractivity contribution in [3.63, 3.8) is 0 Å². The Morgan fingerprint density at radius 3 is 2.00 bits per heavy atom. The largest absolute Gasteiger partial charge is 0.355 e. The highest BCUT2D eigenvalue weighted by Gasteiger charge is 2.59. The Morgan fingerprint density at radius 2 is 1.32 bits per heavy atom. The fourth-order valence-corrected chi connectivity index (χ4v) is 4.16. The summed E-state index contributed by atoms with van der Waals surface area (Å²) < 4.78 is 34.1. The summed E-state index contributed by atoms with van der Waals surface area (Å²) in [7, 11) is 0. The number of hydrogen-bond acceptors (Lipinski definition) is 1. The van der Waals surface area contributed by atoms with E-state index in [0.717, 1.165) is 5.56 Å². The van der Waals surface area contributed by atoms with Crippen LogP contribution in [0.25, 0.3) is 10.8 Å². The van der Waals surface area contributed by atoms with E-state index in [4.69, 9.17) is 4.74 Å². The lowest BCUT2D eigenvalue weighted by molar-refractivity contribution is 0.326. The van der Waals surface area contributed by atoms with Gasteiger partial charge in [-0.3, -0.25) is 0 Å². The van der Waals surface area contributed by atoms with Crippen LogP contribution in [0.2, 0.25) is 0 Å². The van der Waals surface area contributed by atoms with Gasteiger partial charge in [0.25, 0.3) is 0 Å². The lowest BCUT2D eigenvalue weighted by Gasteiger charge is -2.15. The SMILES string of the molecule is Fc1cccc(C2(c3cccc(F)c3)OC2Cc2cccc3ccccc23)c1. The van der Waals surface area contributed by atoms with Gasteiger partial charge in [-0.2, -0.15) is 0 Å². The Balaban J connectivity index is 1.58. The van der Waals surface area contributed by atoms with Crippen molar-refractivity contribution in [1.29, 1.82) is 0 Å². The zero-order chi connectivity index (χ0) is 19.1. The normalized spacial score (nSPS) is 17.6. The van der Waals surface area contributed by atoms with Gasteiger partial charge in [-0.25, -0.2) is 8.78 Å². The van der Waals surface area contributed by atoms with Crippen molar-refractivity contribution in [2.24, 2.45) is 0 Å². The molecule has 1 fully saturated rings. The number of fused-ring (bicyclic) bond motifs is 1. The number of hydrogen-bond donors (Lipinski definition) is 0. The molecule has 1 saturated heterocycles. The first kappa shape index (κ1) is 17.1. The van der Waals surface area contributed by atoms with E-state index < -0.39 is 5.60 Å². The van der Waals surface area contributed by atoms with Crippen molar-refractivity contribution in [3.05, 3.63) is 119 Å². The minimum Gasteiger partial charge on any atom is -0.355 e. The predicted molar refractivity (Wildman–Crippen MR) is 106 cm³/mol. The Labute approximate surface area is 162 Å². The Kier molecular flexibility index (Phi) is 3.99. The molecule has 0 spiro atoms. The second-order valence-corrected chi connectivity index (χ2v) is 7.21. The third-order valence-electron chi connectivity index (χ3n) is 5.52. The zero-order valence-corrected chi connectivity index (χ0v) is 15.1. The first-order valence-corrected chi connectivity index (χ1v) is 9.33. The highest BCUT2D eigenvalue weighted by molar-refractivity contribution is 5.85. The van der Waals surface area contributed by atoms with Crippen molar-refractivity contribution < 1.29 is 13.5 Å². The third kappa shape index (κ3) is 2.79. The van der Waals surface area contributed by atoms with Gasteiger partial charge >= 0.3 is 0 Å². The smallest absolute Gasteiger partial charge is 0.145 e. The first-order valence-electron chi connectivity index (χ1n) is 9.33. The molecule has 0 bridgehead atoms. The van der Waals surface area contributed by atoms with Crippen molar-refractivity contribution in [2.45, 2.75) is 18.1 Å². The third-order valence-corrected chi connectivity index (χ3v) is 5.52. The van der Waals surface area contributed by atoms with Gasteiger partial charge in [0.15, 0.2) is 0 Å². The molecule has 0 saturated carbocycles. The van der Waals surface area contributed by atoms with Crippen LogP contribution in [0.1, 0.15) is 16.7 Å². The minimum absolute atomic E-state index is 0.193. The van der Waals surface area contributed by atoms with Crippen LogP contribution in [0.5, 0.6) is 0 Å². The molecule has 3 heteroatoms. The van der Waals surface area contributed by atoms with Gasteiger partial charge in [-0.1, -0.05) is 66.7 Å². The molecule has 1 nitrogen and oxygen atoms in total. The Bertz CT molecular complexity index is 1120.